The van der Waals surface area contributed by atoms with Crippen LogP contribution in [-0.2, 0) is 0 Å². The molecule has 0 aliphatic heterocycles. The molecule has 0 saturated carbocycles. The van der Waals surface area contributed by atoms with Crippen molar-refractivity contribution < 1.29 is 0 Å². The molecule has 0 radical (unpaired) electrons. The molecule has 0 fully saturated rings. The monoisotopic (exact) mass is 350 g/mol. The van der Waals surface area contributed by atoms with Crippen molar-refractivity contribution in [2.75, 3.05) is 29.5 Å². The van der Waals surface area contributed by atoms with Crippen molar-refractivity contribution in [2.45, 2.75) is 90.9 Å². The quantitative estimate of drug-likeness (QED) is 0.450. The minimum absolute atomic E-state index is 0.207. The Hall–Kier alpha value is -1.59. The molecule has 0 spiro atoms. The summed E-state index contributed by atoms with van der Waals surface area (Å²) in [7, 11) is 0. The van der Waals surface area contributed by atoms with E-state index in [1.54, 1.807) is 0 Å². The topological polar surface area (TPSA) is 94.0 Å². The van der Waals surface area contributed by atoms with E-state index < -0.39 is 0 Å². The summed E-state index contributed by atoms with van der Waals surface area (Å²) in [6.45, 7) is 6.42. The largest absolute Gasteiger partial charge is 0.368 e. The Bertz CT molecular complexity index is 415. The molecule has 0 bridgehead atoms. The number of nitrogens with two attached hydrogens (primary N) is 2. The second-order valence-electron chi connectivity index (χ2n) is 6.87. The molecule has 0 aromatic carbocycles. The molecular formula is C19H38N6. The van der Waals surface area contributed by atoms with Crippen LogP contribution in [0.1, 0.15) is 90.9 Å². The number of hydrogen-bond acceptors (Lipinski definition) is 6. The molecule has 144 valence electrons. The van der Waals surface area contributed by atoms with Gasteiger partial charge in [0.1, 0.15) is 0 Å². The SMILES string of the molecule is CCCCCCCCN(CCCCCCCC)c1nc(N)nc(N)n1. The van der Waals surface area contributed by atoms with Gasteiger partial charge in [-0.3, -0.25) is 0 Å². The minimum atomic E-state index is 0.207. The van der Waals surface area contributed by atoms with Crippen molar-refractivity contribution >= 4 is 17.8 Å². The first-order chi connectivity index (χ1) is 12.2. The van der Waals surface area contributed by atoms with Crippen molar-refractivity contribution in [2.24, 2.45) is 0 Å². The van der Waals surface area contributed by atoms with E-state index in [0.29, 0.717) is 5.95 Å². The Morgan fingerprint density at radius 1 is 0.600 bits per heavy atom. The molecule has 6 heteroatoms. The van der Waals surface area contributed by atoms with Crippen LogP contribution in [-0.4, -0.2) is 28.0 Å². The molecule has 0 aliphatic carbocycles. The molecule has 0 saturated heterocycles. The highest BCUT2D eigenvalue weighted by atomic mass is 15.3. The lowest BCUT2D eigenvalue weighted by Crippen LogP contribution is -2.28. The van der Waals surface area contributed by atoms with Gasteiger partial charge in [0.2, 0.25) is 17.8 Å². The van der Waals surface area contributed by atoms with Crippen LogP contribution in [0.4, 0.5) is 17.8 Å². The van der Waals surface area contributed by atoms with Crippen molar-refractivity contribution in [1.29, 1.82) is 0 Å². The van der Waals surface area contributed by atoms with Crippen LogP contribution >= 0.6 is 0 Å². The van der Waals surface area contributed by atoms with Gasteiger partial charge in [-0.1, -0.05) is 78.1 Å². The van der Waals surface area contributed by atoms with E-state index in [1.165, 1.54) is 64.2 Å². The molecule has 25 heavy (non-hydrogen) atoms. The average Bonchev–Trinajstić information content (AvgIpc) is 2.58. The normalized spacial score (nSPS) is 11.0. The highest BCUT2D eigenvalue weighted by Gasteiger charge is 2.11. The Morgan fingerprint density at radius 3 is 1.44 bits per heavy atom. The van der Waals surface area contributed by atoms with Gasteiger partial charge in [0.15, 0.2) is 0 Å². The van der Waals surface area contributed by atoms with Gasteiger partial charge in [-0.25, -0.2) is 0 Å². The van der Waals surface area contributed by atoms with E-state index in [9.17, 15) is 0 Å². The van der Waals surface area contributed by atoms with Crippen molar-refractivity contribution in [1.82, 2.24) is 15.0 Å². The third-order valence-electron chi connectivity index (χ3n) is 4.50. The van der Waals surface area contributed by atoms with Crippen LogP contribution in [0, 0.1) is 0 Å². The maximum Gasteiger partial charge on any atom is 0.231 e. The predicted molar refractivity (Wildman–Crippen MR) is 108 cm³/mol. The zero-order valence-electron chi connectivity index (χ0n) is 16.3. The van der Waals surface area contributed by atoms with Gasteiger partial charge >= 0.3 is 0 Å². The second-order valence-corrected chi connectivity index (χ2v) is 6.87. The third kappa shape index (κ3) is 10.1. The fourth-order valence-corrected chi connectivity index (χ4v) is 3.02. The summed E-state index contributed by atoms with van der Waals surface area (Å²) < 4.78 is 0. The number of nitrogen functional groups attached to an aromatic ring is 2. The summed E-state index contributed by atoms with van der Waals surface area (Å²) in [6.07, 6.45) is 15.3. The summed E-state index contributed by atoms with van der Waals surface area (Å²) in [5.41, 5.74) is 11.5. The lowest BCUT2D eigenvalue weighted by Gasteiger charge is -2.23. The fraction of sp³-hybridized carbons (Fsp3) is 0.842. The first-order valence-corrected chi connectivity index (χ1v) is 10.2. The molecular weight excluding hydrogens is 312 g/mol. The van der Waals surface area contributed by atoms with Gasteiger partial charge in [0.05, 0.1) is 0 Å². The molecule has 1 aromatic heterocycles. The maximum absolute atomic E-state index is 5.75. The van der Waals surface area contributed by atoms with Gasteiger partial charge in [0, 0.05) is 13.1 Å². The fourth-order valence-electron chi connectivity index (χ4n) is 3.02. The summed E-state index contributed by atoms with van der Waals surface area (Å²) in [4.78, 5) is 14.7. The Labute approximate surface area is 153 Å². The molecule has 0 aliphatic rings. The third-order valence-corrected chi connectivity index (χ3v) is 4.50. The first kappa shape index (κ1) is 21.5. The summed E-state index contributed by atoms with van der Waals surface area (Å²) in [6, 6.07) is 0. The molecule has 1 heterocycles. The number of unbranched alkanes of at least 4 members (excludes halogenated alkanes) is 10. The standard InChI is InChI=1S/C19H38N6/c1-3-5-7-9-11-13-15-25(16-14-12-10-8-6-4-2)19-23-17(20)22-18(21)24-19/h3-16H2,1-2H3,(H4,20,21,22,23,24). The summed E-state index contributed by atoms with van der Waals surface area (Å²) in [5, 5.41) is 0. The number of anilines is 3. The number of rotatable bonds is 15. The van der Waals surface area contributed by atoms with Crippen LogP contribution < -0.4 is 16.4 Å². The zero-order valence-corrected chi connectivity index (χ0v) is 16.3. The van der Waals surface area contributed by atoms with E-state index in [2.05, 4.69) is 33.7 Å². The van der Waals surface area contributed by atoms with Crippen LogP contribution in [0.3, 0.4) is 0 Å². The Balaban J connectivity index is 2.46. The van der Waals surface area contributed by atoms with Crippen LogP contribution in [0.2, 0.25) is 0 Å². The first-order valence-electron chi connectivity index (χ1n) is 10.2. The van der Waals surface area contributed by atoms with E-state index in [0.717, 1.165) is 25.9 Å². The van der Waals surface area contributed by atoms with Crippen LogP contribution in [0.25, 0.3) is 0 Å². The molecule has 0 amide bonds. The van der Waals surface area contributed by atoms with Crippen molar-refractivity contribution in [3.63, 3.8) is 0 Å². The number of hydrogen-bond donors (Lipinski definition) is 2. The van der Waals surface area contributed by atoms with Gasteiger partial charge < -0.3 is 16.4 Å². The van der Waals surface area contributed by atoms with Gasteiger partial charge in [-0.15, -0.1) is 0 Å². The smallest absolute Gasteiger partial charge is 0.231 e. The van der Waals surface area contributed by atoms with Crippen LogP contribution in [0.5, 0.6) is 0 Å². The highest BCUT2D eigenvalue weighted by Crippen LogP contribution is 2.15. The molecule has 6 nitrogen and oxygen atoms in total. The highest BCUT2D eigenvalue weighted by molar-refractivity contribution is 5.39. The molecule has 0 unspecified atom stereocenters. The summed E-state index contributed by atoms with van der Waals surface area (Å²) >= 11 is 0. The van der Waals surface area contributed by atoms with E-state index in [4.69, 9.17) is 11.5 Å². The predicted octanol–water partition coefficient (Wildman–Crippen LogP) is 4.56. The van der Waals surface area contributed by atoms with Crippen molar-refractivity contribution in [3.8, 4) is 0 Å². The van der Waals surface area contributed by atoms with E-state index >= 15 is 0 Å². The second kappa shape index (κ2) is 13.7. The molecule has 4 N–H and O–H groups in total. The molecule has 1 rings (SSSR count). The number of nitrogens with zero attached hydrogens (tertiary/aromatic N) is 4. The van der Waals surface area contributed by atoms with E-state index in [-0.39, 0.29) is 11.9 Å². The zero-order chi connectivity index (χ0) is 18.3. The minimum Gasteiger partial charge on any atom is -0.368 e. The Morgan fingerprint density at radius 2 is 1.00 bits per heavy atom. The molecule has 1 aromatic rings. The van der Waals surface area contributed by atoms with Gasteiger partial charge in [0.25, 0.3) is 0 Å². The Kier molecular flexibility index (Phi) is 11.7. The van der Waals surface area contributed by atoms with Gasteiger partial charge in [-0.05, 0) is 12.8 Å². The molecule has 0 atom stereocenters. The number of aromatic nitrogens is 3. The maximum atomic E-state index is 5.75. The lowest BCUT2D eigenvalue weighted by molar-refractivity contribution is 0.570. The van der Waals surface area contributed by atoms with Gasteiger partial charge in [-0.2, -0.15) is 15.0 Å². The average molecular weight is 351 g/mol. The lowest BCUT2D eigenvalue weighted by atomic mass is 10.1. The van der Waals surface area contributed by atoms with E-state index in [1.807, 2.05) is 0 Å². The van der Waals surface area contributed by atoms with Crippen molar-refractivity contribution in [3.05, 3.63) is 0 Å². The summed E-state index contributed by atoms with van der Waals surface area (Å²) in [5.74, 6) is 1.05. The van der Waals surface area contributed by atoms with Crippen LogP contribution in [0.15, 0.2) is 0 Å².